The predicted octanol–water partition coefficient (Wildman–Crippen LogP) is 3.56. The molecule has 4 amide bonds. The van der Waals surface area contributed by atoms with E-state index in [4.69, 9.17) is 0 Å². The van der Waals surface area contributed by atoms with Crippen LogP contribution in [-0.4, -0.2) is 39.8 Å². The minimum absolute atomic E-state index is 0.281. The maximum absolute atomic E-state index is 12.9. The van der Waals surface area contributed by atoms with Gasteiger partial charge >= 0.3 is 6.03 Å². The van der Waals surface area contributed by atoms with Crippen LogP contribution in [0.5, 0.6) is 0 Å². The number of thiazole rings is 1. The number of carbonyl (C=O) groups excluding carboxylic acids is 3. The van der Waals surface area contributed by atoms with Crippen molar-refractivity contribution in [1.82, 2.24) is 15.2 Å². The van der Waals surface area contributed by atoms with Crippen molar-refractivity contribution in [2.45, 2.75) is 45.1 Å². The number of nitrogens with zero attached hydrogens (tertiary/aromatic N) is 2. The summed E-state index contributed by atoms with van der Waals surface area (Å²) in [4.78, 5) is 43.3. The Kier molecular flexibility index (Phi) is 5.12. The Balaban J connectivity index is 1.42. The number of benzene rings is 1. The summed E-state index contributed by atoms with van der Waals surface area (Å²) in [6, 6.07) is 6.89. The van der Waals surface area contributed by atoms with Gasteiger partial charge in [0.2, 0.25) is 5.91 Å². The highest BCUT2D eigenvalue weighted by atomic mass is 32.1. The van der Waals surface area contributed by atoms with Crippen LogP contribution in [0, 0.1) is 12.8 Å². The second-order valence-corrected chi connectivity index (χ2v) is 9.03. The Labute approximate surface area is 173 Å². The lowest BCUT2D eigenvalue weighted by molar-refractivity contribution is -0.135. The zero-order valence-corrected chi connectivity index (χ0v) is 17.3. The molecule has 7 nitrogen and oxygen atoms in total. The molecule has 1 aliphatic carbocycles. The van der Waals surface area contributed by atoms with Crippen molar-refractivity contribution in [2.24, 2.45) is 5.92 Å². The maximum Gasteiger partial charge on any atom is 0.325 e. The minimum atomic E-state index is -0.827. The van der Waals surface area contributed by atoms with Crippen LogP contribution in [0.15, 0.2) is 29.6 Å². The van der Waals surface area contributed by atoms with Gasteiger partial charge in [0, 0.05) is 16.6 Å². The van der Waals surface area contributed by atoms with E-state index in [1.165, 1.54) is 0 Å². The number of urea groups is 1. The second-order valence-electron chi connectivity index (χ2n) is 7.97. The lowest BCUT2D eigenvalue weighted by Crippen LogP contribution is -2.49. The fourth-order valence-corrected chi connectivity index (χ4v) is 4.63. The number of aryl methyl sites for hydroxylation is 1. The summed E-state index contributed by atoms with van der Waals surface area (Å²) in [5, 5.41) is 8.57. The molecule has 1 aromatic heterocycles. The second kappa shape index (κ2) is 7.59. The number of nitrogens with one attached hydrogen (secondary N) is 2. The average Bonchev–Trinajstić information content (AvgIpc) is 3.22. The van der Waals surface area contributed by atoms with Gasteiger partial charge in [0.25, 0.3) is 5.91 Å². The molecule has 2 aliphatic rings. The van der Waals surface area contributed by atoms with Gasteiger partial charge in [0.05, 0.1) is 10.7 Å². The number of hydrogen-bond donors (Lipinski definition) is 2. The van der Waals surface area contributed by atoms with Gasteiger partial charge in [-0.05, 0) is 50.7 Å². The largest absolute Gasteiger partial charge is 0.325 e. The normalized spacial score (nSPS) is 24.1. The number of rotatable bonds is 4. The lowest BCUT2D eigenvalue weighted by atomic mass is 9.77. The first-order chi connectivity index (χ1) is 13.9. The van der Waals surface area contributed by atoms with Crippen molar-refractivity contribution in [2.75, 3.05) is 11.9 Å². The molecular weight excluding hydrogens is 388 g/mol. The molecule has 1 aromatic carbocycles. The zero-order valence-electron chi connectivity index (χ0n) is 16.5. The van der Waals surface area contributed by atoms with Gasteiger partial charge in [-0.25, -0.2) is 9.78 Å². The first-order valence-corrected chi connectivity index (χ1v) is 10.7. The van der Waals surface area contributed by atoms with Gasteiger partial charge in [-0.1, -0.05) is 19.1 Å². The molecule has 1 aliphatic heterocycles. The summed E-state index contributed by atoms with van der Waals surface area (Å²) in [5.41, 5.74) is 1.53. The molecule has 4 rings (SSSR count). The van der Waals surface area contributed by atoms with Gasteiger partial charge in [0.15, 0.2) is 0 Å². The van der Waals surface area contributed by atoms with Crippen molar-refractivity contribution in [3.05, 3.63) is 34.7 Å². The first-order valence-electron chi connectivity index (χ1n) is 9.83. The summed E-state index contributed by atoms with van der Waals surface area (Å²) >= 11 is 1.56. The molecule has 1 saturated carbocycles. The highest BCUT2D eigenvalue weighted by molar-refractivity contribution is 7.09. The van der Waals surface area contributed by atoms with Gasteiger partial charge in [-0.3, -0.25) is 14.5 Å². The Morgan fingerprint density at radius 1 is 1.34 bits per heavy atom. The van der Waals surface area contributed by atoms with E-state index in [0.717, 1.165) is 34.0 Å². The SMILES string of the molecule is Cc1nc(-c2cccc(NC(=O)CN3C(=O)NC4(CCC(C)CC4)C3=O)c2)cs1. The van der Waals surface area contributed by atoms with Crippen LogP contribution < -0.4 is 10.6 Å². The molecule has 0 bridgehead atoms. The van der Waals surface area contributed by atoms with Crippen LogP contribution in [0.2, 0.25) is 0 Å². The van der Waals surface area contributed by atoms with E-state index < -0.39 is 17.5 Å². The molecule has 0 unspecified atom stereocenters. The fraction of sp³-hybridized carbons (Fsp3) is 0.429. The number of amides is 4. The first kappa shape index (κ1) is 19.6. The van der Waals surface area contributed by atoms with Crippen LogP contribution >= 0.6 is 11.3 Å². The lowest BCUT2D eigenvalue weighted by Gasteiger charge is -2.33. The molecule has 0 atom stereocenters. The topological polar surface area (TPSA) is 91.4 Å². The van der Waals surface area contributed by atoms with E-state index in [9.17, 15) is 14.4 Å². The quantitative estimate of drug-likeness (QED) is 0.751. The van der Waals surface area contributed by atoms with Gasteiger partial charge in [0.1, 0.15) is 12.1 Å². The number of aromatic nitrogens is 1. The number of imide groups is 1. The van der Waals surface area contributed by atoms with Crippen LogP contribution in [0.1, 0.15) is 37.6 Å². The van der Waals surface area contributed by atoms with Crippen molar-refractivity contribution in [3.63, 3.8) is 0 Å². The Bertz CT molecular complexity index is 962. The number of hydrogen-bond acceptors (Lipinski definition) is 5. The third kappa shape index (κ3) is 3.89. The third-order valence-corrected chi connectivity index (χ3v) is 6.51. The molecule has 2 N–H and O–H groups in total. The summed E-state index contributed by atoms with van der Waals surface area (Å²) in [6.45, 7) is 3.81. The summed E-state index contributed by atoms with van der Waals surface area (Å²) in [6.07, 6.45) is 3.06. The highest BCUT2D eigenvalue weighted by Gasteiger charge is 2.52. The average molecular weight is 413 g/mol. The molecule has 0 radical (unpaired) electrons. The van der Waals surface area contributed by atoms with Gasteiger partial charge < -0.3 is 10.6 Å². The fourth-order valence-electron chi connectivity index (χ4n) is 4.01. The van der Waals surface area contributed by atoms with E-state index in [2.05, 4.69) is 22.5 Å². The molecule has 152 valence electrons. The molecular formula is C21H24N4O3S. The van der Waals surface area contributed by atoms with E-state index in [0.29, 0.717) is 24.4 Å². The Morgan fingerprint density at radius 3 is 2.79 bits per heavy atom. The van der Waals surface area contributed by atoms with Crippen molar-refractivity contribution in [3.8, 4) is 11.3 Å². The molecule has 29 heavy (non-hydrogen) atoms. The highest BCUT2D eigenvalue weighted by Crippen LogP contribution is 2.36. The predicted molar refractivity (Wildman–Crippen MR) is 112 cm³/mol. The monoisotopic (exact) mass is 412 g/mol. The van der Waals surface area contributed by atoms with Crippen LogP contribution in [-0.2, 0) is 9.59 Å². The van der Waals surface area contributed by atoms with E-state index in [1.807, 2.05) is 30.5 Å². The molecule has 2 heterocycles. The minimum Gasteiger partial charge on any atom is -0.325 e. The van der Waals surface area contributed by atoms with Crippen LogP contribution in [0.4, 0.5) is 10.5 Å². The maximum atomic E-state index is 12.9. The van der Waals surface area contributed by atoms with Crippen LogP contribution in [0.25, 0.3) is 11.3 Å². The molecule has 2 aromatic rings. The van der Waals surface area contributed by atoms with E-state index >= 15 is 0 Å². The Morgan fingerprint density at radius 2 is 2.10 bits per heavy atom. The Hall–Kier alpha value is -2.74. The third-order valence-electron chi connectivity index (χ3n) is 5.74. The van der Waals surface area contributed by atoms with Crippen LogP contribution in [0.3, 0.4) is 0 Å². The van der Waals surface area contributed by atoms with E-state index in [1.54, 1.807) is 17.4 Å². The zero-order chi connectivity index (χ0) is 20.6. The van der Waals surface area contributed by atoms with Gasteiger partial charge in [-0.15, -0.1) is 11.3 Å². The van der Waals surface area contributed by atoms with Crippen molar-refractivity contribution >= 4 is 34.9 Å². The summed E-state index contributed by atoms with van der Waals surface area (Å²) < 4.78 is 0. The standard InChI is InChI=1S/C21H24N4O3S/c1-13-6-8-21(9-7-13)19(27)25(20(28)24-21)11-18(26)23-16-5-3-4-15(10-16)17-12-29-14(2)22-17/h3-5,10,12-13H,6-9,11H2,1-2H3,(H,23,26)(H,24,28). The molecule has 2 fully saturated rings. The molecule has 8 heteroatoms. The summed E-state index contributed by atoms with van der Waals surface area (Å²) in [7, 11) is 0. The number of anilines is 1. The van der Waals surface area contributed by atoms with Crippen molar-refractivity contribution in [1.29, 1.82) is 0 Å². The molecule has 1 saturated heterocycles. The molecule has 1 spiro atoms. The number of carbonyl (C=O) groups is 3. The van der Waals surface area contributed by atoms with E-state index in [-0.39, 0.29) is 12.5 Å². The van der Waals surface area contributed by atoms with Crippen molar-refractivity contribution < 1.29 is 14.4 Å². The van der Waals surface area contributed by atoms with Gasteiger partial charge in [-0.2, -0.15) is 0 Å². The summed E-state index contributed by atoms with van der Waals surface area (Å²) in [5.74, 6) is -0.131. The smallest absolute Gasteiger partial charge is 0.325 e.